The van der Waals surface area contributed by atoms with Crippen molar-refractivity contribution in [1.82, 2.24) is 0 Å². The minimum absolute atomic E-state index is 0.0688. The summed E-state index contributed by atoms with van der Waals surface area (Å²) in [7, 11) is 0. The maximum atomic E-state index is 6.29. The van der Waals surface area contributed by atoms with Gasteiger partial charge in [-0.2, -0.15) is 0 Å². The Hall–Kier alpha value is -1.76. The van der Waals surface area contributed by atoms with Crippen LogP contribution < -0.4 is 0 Å². The summed E-state index contributed by atoms with van der Waals surface area (Å²) in [6.07, 6.45) is 3.97. The molecule has 2 aliphatic rings. The molecular weight excluding hydrogens is 407 g/mol. The standard InChI is InChI=1S/C28H28Cl2/c1-17-10-18(2)12-21(11-17)28(3)26-7-5-4-6-24(26)25-15-19(8-9-27(25)28)20-13-22(29)16-23(30)14-20/h4-9,13-18,21H,10-12H2,1-3H3. The van der Waals surface area contributed by atoms with E-state index in [-0.39, 0.29) is 5.41 Å². The summed E-state index contributed by atoms with van der Waals surface area (Å²) in [5.41, 5.74) is 8.03. The van der Waals surface area contributed by atoms with E-state index < -0.39 is 0 Å². The molecule has 0 N–H and O–H groups in total. The first-order valence-corrected chi connectivity index (χ1v) is 11.8. The number of fused-ring (bicyclic) bond motifs is 3. The first-order chi connectivity index (χ1) is 14.4. The Morgan fingerprint density at radius 2 is 1.33 bits per heavy atom. The van der Waals surface area contributed by atoms with Crippen molar-refractivity contribution in [1.29, 1.82) is 0 Å². The van der Waals surface area contributed by atoms with Crippen LogP contribution in [0, 0.1) is 17.8 Å². The molecule has 0 amide bonds. The second kappa shape index (κ2) is 7.43. The van der Waals surface area contributed by atoms with Crippen molar-refractivity contribution in [2.45, 2.75) is 45.4 Å². The largest absolute Gasteiger partial charge is 0.0843 e. The molecule has 0 aliphatic heterocycles. The summed E-state index contributed by atoms with van der Waals surface area (Å²) in [6.45, 7) is 7.35. The second-order valence-electron chi connectivity index (χ2n) is 9.78. The van der Waals surface area contributed by atoms with E-state index in [0.717, 1.165) is 17.4 Å². The van der Waals surface area contributed by atoms with Crippen LogP contribution in [0.5, 0.6) is 0 Å². The van der Waals surface area contributed by atoms with Crippen molar-refractivity contribution in [3.8, 4) is 22.3 Å². The monoisotopic (exact) mass is 434 g/mol. The van der Waals surface area contributed by atoms with E-state index in [9.17, 15) is 0 Å². The third kappa shape index (κ3) is 3.20. The zero-order chi connectivity index (χ0) is 21.0. The molecule has 3 aromatic rings. The summed E-state index contributed by atoms with van der Waals surface area (Å²) >= 11 is 12.6. The molecule has 30 heavy (non-hydrogen) atoms. The van der Waals surface area contributed by atoms with Gasteiger partial charge in [-0.25, -0.2) is 0 Å². The molecular formula is C28H28Cl2. The van der Waals surface area contributed by atoms with Gasteiger partial charge in [-0.3, -0.25) is 0 Å². The molecule has 0 nitrogen and oxygen atoms in total. The van der Waals surface area contributed by atoms with E-state index in [1.54, 1.807) is 6.07 Å². The molecule has 0 radical (unpaired) electrons. The topological polar surface area (TPSA) is 0 Å². The molecule has 3 unspecified atom stereocenters. The lowest BCUT2D eigenvalue weighted by Crippen LogP contribution is -2.36. The lowest BCUT2D eigenvalue weighted by atomic mass is 9.61. The summed E-state index contributed by atoms with van der Waals surface area (Å²) < 4.78 is 0. The molecule has 0 aromatic heterocycles. The summed E-state index contributed by atoms with van der Waals surface area (Å²) in [6, 6.07) is 21.8. The van der Waals surface area contributed by atoms with Gasteiger partial charge in [-0.1, -0.05) is 80.4 Å². The quantitative estimate of drug-likeness (QED) is 0.377. The van der Waals surface area contributed by atoms with Crippen LogP contribution in [0.3, 0.4) is 0 Å². The first-order valence-electron chi connectivity index (χ1n) is 11.1. The van der Waals surface area contributed by atoms with E-state index in [0.29, 0.717) is 16.0 Å². The molecule has 2 heteroatoms. The smallest absolute Gasteiger partial charge is 0.0426 e. The average Bonchev–Trinajstić information content (AvgIpc) is 2.96. The van der Waals surface area contributed by atoms with Crippen molar-refractivity contribution in [3.63, 3.8) is 0 Å². The van der Waals surface area contributed by atoms with Crippen LogP contribution in [0.1, 0.15) is 51.2 Å². The molecule has 0 spiro atoms. The first kappa shape index (κ1) is 20.2. The van der Waals surface area contributed by atoms with Crippen molar-refractivity contribution in [3.05, 3.63) is 81.8 Å². The van der Waals surface area contributed by atoms with Gasteiger partial charge in [0.15, 0.2) is 0 Å². The summed E-state index contributed by atoms with van der Waals surface area (Å²) in [4.78, 5) is 0. The number of benzene rings is 3. The van der Waals surface area contributed by atoms with Crippen LogP contribution in [-0.4, -0.2) is 0 Å². The molecule has 0 saturated heterocycles. The Morgan fingerprint density at radius 1 is 0.700 bits per heavy atom. The predicted octanol–water partition coefficient (Wildman–Crippen LogP) is 9.02. The highest BCUT2D eigenvalue weighted by molar-refractivity contribution is 6.35. The van der Waals surface area contributed by atoms with Crippen LogP contribution in [0.4, 0.5) is 0 Å². The van der Waals surface area contributed by atoms with E-state index in [1.807, 2.05) is 12.1 Å². The molecule has 3 aromatic carbocycles. The van der Waals surface area contributed by atoms with E-state index in [4.69, 9.17) is 23.2 Å². The van der Waals surface area contributed by atoms with Crippen LogP contribution in [0.25, 0.3) is 22.3 Å². The minimum atomic E-state index is 0.0688. The second-order valence-corrected chi connectivity index (χ2v) is 10.7. The molecule has 154 valence electrons. The van der Waals surface area contributed by atoms with Gasteiger partial charge in [0.25, 0.3) is 0 Å². The molecule has 1 fully saturated rings. The maximum absolute atomic E-state index is 6.29. The van der Waals surface area contributed by atoms with Gasteiger partial charge in [0.1, 0.15) is 0 Å². The van der Waals surface area contributed by atoms with Gasteiger partial charge in [0.2, 0.25) is 0 Å². The van der Waals surface area contributed by atoms with Crippen molar-refractivity contribution >= 4 is 23.2 Å². The third-order valence-electron chi connectivity index (χ3n) is 7.55. The zero-order valence-electron chi connectivity index (χ0n) is 17.9. The van der Waals surface area contributed by atoms with E-state index in [2.05, 4.69) is 63.2 Å². The van der Waals surface area contributed by atoms with E-state index in [1.165, 1.54) is 47.1 Å². The highest BCUT2D eigenvalue weighted by Gasteiger charge is 2.46. The van der Waals surface area contributed by atoms with Crippen LogP contribution >= 0.6 is 23.2 Å². The molecule has 3 atom stereocenters. The van der Waals surface area contributed by atoms with Crippen LogP contribution in [0.15, 0.2) is 60.7 Å². The molecule has 2 aliphatic carbocycles. The maximum Gasteiger partial charge on any atom is 0.0426 e. The summed E-state index contributed by atoms with van der Waals surface area (Å²) in [5.74, 6) is 2.25. The third-order valence-corrected chi connectivity index (χ3v) is 7.98. The predicted molar refractivity (Wildman–Crippen MR) is 129 cm³/mol. The Morgan fingerprint density at radius 3 is 2.03 bits per heavy atom. The summed E-state index contributed by atoms with van der Waals surface area (Å²) in [5, 5.41) is 1.35. The lowest BCUT2D eigenvalue weighted by molar-refractivity contribution is 0.165. The highest BCUT2D eigenvalue weighted by atomic mass is 35.5. The SMILES string of the molecule is CC1CC(C)CC(C2(C)c3ccccc3-c3cc(-c4cc(Cl)cc(Cl)c4)ccc32)C1. The minimum Gasteiger partial charge on any atom is -0.0843 e. The fourth-order valence-electron chi connectivity index (χ4n) is 6.29. The highest BCUT2D eigenvalue weighted by Crippen LogP contribution is 2.57. The van der Waals surface area contributed by atoms with Crippen LogP contribution in [-0.2, 0) is 5.41 Å². The number of hydrogen-bond donors (Lipinski definition) is 0. The normalized spacial score (nSPS) is 27.6. The van der Waals surface area contributed by atoms with Gasteiger partial charge in [0.05, 0.1) is 0 Å². The number of halogens is 2. The molecule has 0 bridgehead atoms. The Labute approximate surface area is 190 Å². The van der Waals surface area contributed by atoms with Gasteiger partial charge >= 0.3 is 0 Å². The van der Waals surface area contributed by atoms with Crippen molar-refractivity contribution in [2.24, 2.45) is 17.8 Å². The fourth-order valence-corrected chi connectivity index (χ4v) is 6.82. The zero-order valence-corrected chi connectivity index (χ0v) is 19.4. The van der Waals surface area contributed by atoms with Crippen molar-refractivity contribution in [2.75, 3.05) is 0 Å². The lowest BCUT2D eigenvalue weighted by Gasteiger charge is -2.43. The molecule has 1 saturated carbocycles. The van der Waals surface area contributed by atoms with E-state index >= 15 is 0 Å². The Balaban J connectivity index is 1.67. The van der Waals surface area contributed by atoms with Crippen molar-refractivity contribution < 1.29 is 0 Å². The Kier molecular flexibility index (Phi) is 4.99. The van der Waals surface area contributed by atoms with Gasteiger partial charge < -0.3 is 0 Å². The number of rotatable bonds is 2. The molecule has 0 heterocycles. The average molecular weight is 435 g/mol. The number of hydrogen-bond acceptors (Lipinski definition) is 0. The van der Waals surface area contributed by atoms with Gasteiger partial charge in [0, 0.05) is 15.5 Å². The molecule has 5 rings (SSSR count). The Bertz CT molecular complexity index is 1090. The fraction of sp³-hybridized carbons (Fsp3) is 0.357. The van der Waals surface area contributed by atoms with Gasteiger partial charge in [-0.15, -0.1) is 0 Å². The van der Waals surface area contributed by atoms with Crippen LogP contribution in [0.2, 0.25) is 10.0 Å². The van der Waals surface area contributed by atoms with Gasteiger partial charge in [-0.05, 0) is 94.7 Å².